The second kappa shape index (κ2) is 8.99. The Bertz CT molecular complexity index is 792. The third-order valence-corrected chi connectivity index (χ3v) is 4.20. The van der Waals surface area contributed by atoms with E-state index in [1.807, 2.05) is 56.7 Å². The van der Waals surface area contributed by atoms with Crippen molar-refractivity contribution in [3.05, 3.63) is 30.1 Å². The number of rotatable bonds is 9. The van der Waals surface area contributed by atoms with Gasteiger partial charge in [-0.2, -0.15) is 0 Å². The molecular formula is C20H29N3O4. The van der Waals surface area contributed by atoms with Crippen LogP contribution in [-0.4, -0.2) is 44.8 Å². The SMILES string of the molecule is Cn1c(CC[C@H](NCCCC(=O)OC(C)(C)C)C(=O)O)nc2ccccc21. The van der Waals surface area contributed by atoms with Gasteiger partial charge in [-0.1, -0.05) is 12.1 Å². The van der Waals surface area contributed by atoms with Crippen LogP contribution in [0.25, 0.3) is 11.0 Å². The van der Waals surface area contributed by atoms with Gasteiger partial charge < -0.3 is 19.7 Å². The normalized spacial score (nSPS) is 12.9. The van der Waals surface area contributed by atoms with Gasteiger partial charge in [-0.25, -0.2) is 4.98 Å². The first-order valence-electron chi connectivity index (χ1n) is 9.26. The van der Waals surface area contributed by atoms with Crippen molar-refractivity contribution in [2.24, 2.45) is 7.05 Å². The van der Waals surface area contributed by atoms with Crippen molar-refractivity contribution in [1.82, 2.24) is 14.9 Å². The average molecular weight is 375 g/mol. The van der Waals surface area contributed by atoms with Crippen LogP contribution >= 0.6 is 0 Å². The van der Waals surface area contributed by atoms with Gasteiger partial charge in [0, 0.05) is 19.9 Å². The first-order valence-corrected chi connectivity index (χ1v) is 9.26. The Morgan fingerprint density at radius 3 is 2.63 bits per heavy atom. The Morgan fingerprint density at radius 1 is 1.30 bits per heavy atom. The molecule has 148 valence electrons. The van der Waals surface area contributed by atoms with E-state index in [0.717, 1.165) is 16.9 Å². The second-order valence-corrected chi connectivity index (χ2v) is 7.65. The lowest BCUT2D eigenvalue weighted by Gasteiger charge is -2.19. The van der Waals surface area contributed by atoms with Gasteiger partial charge in [-0.3, -0.25) is 9.59 Å². The summed E-state index contributed by atoms with van der Waals surface area (Å²) in [6.45, 7) is 5.92. The van der Waals surface area contributed by atoms with E-state index in [0.29, 0.717) is 25.8 Å². The molecule has 0 aliphatic heterocycles. The van der Waals surface area contributed by atoms with Gasteiger partial charge in [0.25, 0.3) is 0 Å². The van der Waals surface area contributed by atoms with Crippen LogP contribution < -0.4 is 5.32 Å². The number of fused-ring (bicyclic) bond motifs is 1. The number of nitrogens with zero attached hydrogens (tertiary/aromatic N) is 2. The van der Waals surface area contributed by atoms with E-state index in [1.54, 1.807) is 0 Å². The third kappa shape index (κ3) is 6.36. The van der Waals surface area contributed by atoms with Crippen molar-refractivity contribution >= 4 is 23.0 Å². The number of carboxylic acid groups (broad SMARTS) is 1. The smallest absolute Gasteiger partial charge is 0.320 e. The summed E-state index contributed by atoms with van der Waals surface area (Å²) < 4.78 is 7.24. The summed E-state index contributed by atoms with van der Waals surface area (Å²) in [5.74, 6) is -0.306. The van der Waals surface area contributed by atoms with Crippen LogP contribution in [0.2, 0.25) is 0 Å². The molecule has 0 amide bonds. The summed E-state index contributed by atoms with van der Waals surface area (Å²) in [6.07, 6.45) is 1.78. The molecule has 2 N–H and O–H groups in total. The minimum absolute atomic E-state index is 0.265. The van der Waals surface area contributed by atoms with E-state index in [1.165, 1.54) is 0 Å². The van der Waals surface area contributed by atoms with E-state index in [9.17, 15) is 14.7 Å². The number of aliphatic carboxylic acids is 1. The van der Waals surface area contributed by atoms with Gasteiger partial charge in [0.15, 0.2) is 0 Å². The van der Waals surface area contributed by atoms with Crippen LogP contribution in [0.5, 0.6) is 0 Å². The minimum atomic E-state index is -0.897. The number of benzene rings is 1. The topological polar surface area (TPSA) is 93.5 Å². The number of nitrogens with one attached hydrogen (secondary N) is 1. The Labute approximate surface area is 159 Å². The summed E-state index contributed by atoms with van der Waals surface area (Å²) in [7, 11) is 1.94. The molecule has 2 rings (SSSR count). The van der Waals surface area contributed by atoms with Crippen molar-refractivity contribution in [1.29, 1.82) is 0 Å². The van der Waals surface area contributed by atoms with Gasteiger partial charge in [0.2, 0.25) is 0 Å². The van der Waals surface area contributed by atoms with Crippen LogP contribution in [0.3, 0.4) is 0 Å². The first kappa shape index (κ1) is 20.9. The maximum absolute atomic E-state index is 11.7. The van der Waals surface area contributed by atoms with Gasteiger partial charge in [-0.05, 0) is 52.3 Å². The molecule has 1 aromatic heterocycles. The van der Waals surface area contributed by atoms with Gasteiger partial charge in [-0.15, -0.1) is 0 Å². The molecule has 7 heteroatoms. The lowest BCUT2D eigenvalue weighted by atomic mass is 10.1. The maximum Gasteiger partial charge on any atom is 0.320 e. The van der Waals surface area contributed by atoms with Gasteiger partial charge in [0.1, 0.15) is 17.5 Å². The third-order valence-electron chi connectivity index (χ3n) is 4.20. The fourth-order valence-corrected chi connectivity index (χ4v) is 2.91. The zero-order chi connectivity index (χ0) is 20.0. The summed E-state index contributed by atoms with van der Waals surface area (Å²) >= 11 is 0. The Morgan fingerprint density at radius 2 is 2.00 bits per heavy atom. The van der Waals surface area contributed by atoms with Crippen LogP contribution in [0.15, 0.2) is 24.3 Å². The quantitative estimate of drug-likeness (QED) is 0.517. The number of ether oxygens (including phenoxy) is 1. The van der Waals surface area contributed by atoms with E-state index < -0.39 is 17.6 Å². The van der Waals surface area contributed by atoms with Crippen LogP contribution in [0, 0.1) is 0 Å². The molecule has 1 aromatic carbocycles. The monoisotopic (exact) mass is 375 g/mol. The molecule has 0 aliphatic carbocycles. The van der Waals surface area contributed by atoms with Gasteiger partial charge >= 0.3 is 11.9 Å². The Hall–Kier alpha value is -2.41. The maximum atomic E-state index is 11.7. The number of para-hydroxylation sites is 2. The zero-order valence-electron chi connectivity index (χ0n) is 16.5. The highest BCUT2D eigenvalue weighted by Crippen LogP contribution is 2.16. The highest BCUT2D eigenvalue weighted by molar-refractivity contribution is 5.76. The predicted octanol–water partition coefficient (Wildman–Crippen LogP) is 2.67. The number of aromatic nitrogens is 2. The number of carboxylic acids is 1. The fourth-order valence-electron chi connectivity index (χ4n) is 2.91. The number of carbonyl (C=O) groups excluding carboxylic acids is 1. The summed E-state index contributed by atoms with van der Waals surface area (Å²) in [5.41, 5.74) is 1.44. The molecule has 27 heavy (non-hydrogen) atoms. The average Bonchev–Trinajstić information content (AvgIpc) is 2.89. The lowest BCUT2D eigenvalue weighted by molar-refractivity contribution is -0.154. The summed E-state index contributed by atoms with van der Waals surface area (Å²) in [5, 5.41) is 12.5. The number of aryl methyl sites for hydroxylation is 2. The molecule has 0 radical (unpaired) electrons. The molecule has 0 saturated heterocycles. The number of carbonyl (C=O) groups is 2. The highest BCUT2D eigenvalue weighted by Gasteiger charge is 2.19. The first-order chi connectivity index (χ1) is 12.7. The number of hydrogen-bond donors (Lipinski definition) is 2. The molecule has 0 unspecified atom stereocenters. The van der Waals surface area contributed by atoms with E-state index in [4.69, 9.17) is 4.74 Å². The molecule has 2 aromatic rings. The lowest BCUT2D eigenvalue weighted by Crippen LogP contribution is -2.38. The minimum Gasteiger partial charge on any atom is -0.480 e. The van der Waals surface area contributed by atoms with Crippen molar-refractivity contribution in [2.45, 2.75) is 58.1 Å². The zero-order valence-corrected chi connectivity index (χ0v) is 16.5. The molecule has 0 fully saturated rings. The van der Waals surface area contributed by atoms with Crippen molar-refractivity contribution in [2.75, 3.05) is 6.54 Å². The van der Waals surface area contributed by atoms with Crippen molar-refractivity contribution in [3.63, 3.8) is 0 Å². The van der Waals surface area contributed by atoms with Crippen LogP contribution in [-0.2, 0) is 27.8 Å². The summed E-state index contributed by atoms with van der Waals surface area (Å²) in [6, 6.07) is 7.16. The molecule has 1 atom stereocenters. The highest BCUT2D eigenvalue weighted by atomic mass is 16.6. The predicted molar refractivity (Wildman–Crippen MR) is 104 cm³/mol. The molecule has 0 spiro atoms. The standard InChI is InChI=1S/C20H29N3O4/c1-20(2,3)27-18(24)10-7-13-21-15(19(25)26)11-12-17-22-14-8-5-6-9-16(14)23(17)4/h5-6,8-9,15,21H,7,10-13H2,1-4H3,(H,25,26)/t15-/m0/s1. The Balaban J connectivity index is 1.82. The van der Waals surface area contributed by atoms with E-state index >= 15 is 0 Å². The molecule has 1 heterocycles. The number of imidazole rings is 1. The molecule has 0 aliphatic rings. The molecule has 0 bridgehead atoms. The molecular weight excluding hydrogens is 346 g/mol. The fraction of sp³-hybridized carbons (Fsp3) is 0.550. The molecule has 7 nitrogen and oxygen atoms in total. The number of esters is 1. The Kier molecular flexibility index (Phi) is 6.96. The molecule has 0 saturated carbocycles. The van der Waals surface area contributed by atoms with E-state index in [2.05, 4.69) is 10.3 Å². The summed E-state index contributed by atoms with van der Waals surface area (Å²) in [4.78, 5) is 27.8. The number of hydrogen-bond acceptors (Lipinski definition) is 5. The van der Waals surface area contributed by atoms with Crippen molar-refractivity contribution < 1.29 is 19.4 Å². The van der Waals surface area contributed by atoms with Crippen molar-refractivity contribution in [3.8, 4) is 0 Å². The van der Waals surface area contributed by atoms with E-state index in [-0.39, 0.29) is 12.4 Å². The largest absolute Gasteiger partial charge is 0.480 e. The van der Waals surface area contributed by atoms with Crippen LogP contribution in [0.1, 0.15) is 45.9 Å². The van der Waals surface area contributed by atoms with Crippen LogP contribution in [0.4, 0.5) is 0 Å². The van der Waals surface area contributed by atoms with Gasteiger partial charge in [0.05, 0.1) is 11.0 Å². The second-order valence-electron chi connectivity index (χ2n) is 7.65.